The highest BCUT2D eigenvalue weighted by Gasteiger charge is 1.99. The molecule has 0 fully saturated rings. The Morgan fingerprint density at radius 1 is 1.43 bits per heavy atom. The van der Waals surface area contributed by atoms with Gasteiger partial charge in [-0.15, -0.1) is 0 Å². The van der Waals surface area contributed by atoms with E-state index in [-0.39, 0.29) is 5.91 Å². The molecule has 0 heterocycles. The van der Waals surface area contributed by atoms with E-state index in [4.69, 9.17) is 5.26 Å². The molecule has 0 aromatic heterocycles. The van der Waals surface area contributed by atoms with Crippen LogP contribution in [0.3, 0.4) is 0 Å². The summed E-state index contributed by atoms with van der Waals surface area (Å²) in [6.07, 6.45) is 1.45. The Morgan fingerprint density at radius 3 is 2.71 bits per heavy atom. The van der Waals surface area contributed by atoms with Crippen molar-refractivity contribution < 1.29 is 4.79 Å². The number of rotatable bonds is 7. The molecule has 0 rings (SSSR count). The molecule has 0 unspecified atom stereocenters. The predicted octanol–water partition coefficient (Wildman–Crippen LogP) is 0.652. The van der Waals surface area contributed by atoms with E-state index in [2.05, 4.69) is 24.5 Å². The molecule has 0 aromatic carbocycles. The van der Waals surface area contributed by atoms with E-state index in [1.54, 1.807) is 0 Å². The van der Waals surface area contributed by atoms with Crippen LogP contribution in [0.1, 0.15) is 26.7 Å². The van der Waals surface area contributed by atoms with E-state index in [9.17, 15) is 4.79 Å². The SMILES string of the molecule is CC(C)CCNCC(=O)NCCC#N. The Kier molecular flexibility index (Phi) is 7.86. The van der Waals surface area contributed by atoms with Gasteiger partial charge in [-0.2, -0.15) is 5.26 Å². The van der Waals surface area contributed by atoms with Gasteiger partial charge in [0.25, 0.3) is 0 Å². The third kappa shape index (κ3) is 9.01. The highest BCUT2D eigenvalue weighted by atomic mass is 16.1. The fourth-order valence-electron chi connectivity index (χ4n) is 0.913. The molecule has 0 atom stereocenters. The van der Waals surface area contributed by atoms with E-state index in [0.29, 0.717) is 25.4 Å². The van der Waals surface area contributed by atoms with Gasteiger partial charge in [0.15, 0.2) is 0 Å². The molecule has 4 nitrogen and oxygen atoms in total. The summed E-state index contributed by atoms with van der Waals surface area (Å²) >= 11 is 0. The molecule has 0 aliphatic rings. The van der Waals surface area contributed by atoms with Crippen molar-refractivity contribution in [1.82, 2.24) is 10.6 Å². The van der Waals surface area contributed by atoms with Gasteiger partial charge in [-0.05, 0) is 18.9 Å². The third-order valence-electron chi connectivity index (χ3n) is 1.74. The van der Waals surface area contributed by atoms with Gasteiger partial charge in [0.2, 0.25) is 5.91 Å². The number of amides is 1. The second kappa shape index (κ2) is 8.52. The first-order valence-electron chi connectivity index (χ1n) is 5.01. The van der Waals surface area contributed by atoms with Crippen LogP contribution in [0.15, 0.2) is 0 Å². The molecule has 0 aromatic rings. The summed E-state index contributed by atoms with van der Waals surface area (Å²) in [7, 11) is 0. The normalized spacial score (nSPS) is 9.86. The maximum Gasteiger partial charge on any atom is 0.233 e. The molecule has 14 heavy (non-hydrogen) atoms. The van der Waals surface area contributed by atoms with Gasteiger partial charge in [0.05, 0.1) is 19.0 Å². The summed E-state index contributed by atoms with van der Waals surface area (Å²) in [5, 5.41) is 13.9. The average Bonchev–Trinajstić information content (AvgIpc) is 2.13. The van der Waals surface area contributed by atoms with E-state index < -0.39 is 0 Å². The topological polar surface area (TPSA) is 64.9 Å². The molecule has 0 saturated carbocycles. The van der Waals surface area contributed by atoms with Crippen LogP contribution in [0.5, 0.6) is 0 Å². The lowest BCUT2D eigenvalue weighted by Crippen LogP contribution is -2.34. The summed E-state index contributed by atoms with van der Waals surface area (Å²) in [4.78, 5) is 11.1. The number of carbonyl (C=O) groups is 1. The van der Waals surface area contributed by atoms with Crippen molar-refractivity contribution in [2.45, 2.75) is 26.7 Å². The number of hydrogen-bond donors (Lipinski definition) is 2. The Bertz CT molecular complexity index is 196. The van der Waals surface area contributed by atoms with Crippen LogP contribution >= 0.6 is 0 Å². The molecule has 0 spiro atoms. The van der Waals surface area contributed by atoms with Gasteiger partial charge in [-0.1, -0.05) is 13.8 Å². The molecule has 0 saturated heterocycles. The molecule has 0 radical (unpaired) electrons. The molecule has 0 aliphatic heterocycles. The summed E-state index contributed by atoms with van der Waals surface area (Å²) in [5.41, 5.74) is 0. The fourth-order valence-corrected chi connectivity index (χ4v) is 0.913. The standard InChI is InChI=1S/C10H19N3O/c1-9(2)4-7-12-8-10(14)13-6-3-5-11/h9,12H,3-4,6-8H2,1-2H3,(H,13,14). The lowest BCUT2D eigenvalue weighted by molar-refractivity contribution is -0.120. The van der Waals surface area contributed by atoms with Crippen LogP contribution in [0.2, 0.25) is 0 Å². The van der Waals surface area contributed by atoms with E-state index in [1.807, 2.05) is 6.07 Å². The second-order valence-electron chi connectivity index (χ2n) is 3.62. The van der Waals surface area contributed by atoms with Gasteiger partial charge in [0.1, 0.15) is 0 Å². The minimum Gasteiger partial charge on any atom is -0.354 e. The molecule has 80 valence electrons. The zero-order valence-corrected chi connectivity index (χ0v) is 8.97. The molecular weight excluding hydrogens is 178 g/mol. The monoisotopic (exact) mass is 197 g/mol. The van der Waals surface area contributed by atoms with E-state index in [0.717, 1.165) is 13.0 Å². The van der Waals surface area contributed by atoms with Crippen LogP contribution in [-0.4, -0.2) is 25.5 Å². The Balaban J connectivity index is 3.23. The van der Waals surface area contributed by atoms with Crippen molar-refractivity contribution in [2.24, 2.45) is 5.92 Å². The Morgan fingerprint density at radius 2 is 2.14 bits per heavy atom. The number of nitrogens with one attached hydrogen (secondary N) is 2. The minimum absolute atomic E-state index is 0.0380. The van der Waals surface area contributed by atoms with Crippen molar-refractivity contribution in [1.29, 1.82) is 5.26 Å². The first kappa shape index (κ1) is 12.9. The van der Waals surface area contributed by atoms with Crippen molar-refractivity contribution in [3.63, 3.8) is 0 Å². The molecule has 0 aliphatic carbocycles. The van der Waals surface area contributed by atoms with Crippen LogP contribution in [0.4, 0.5) is 0 Å². The van der Waals surface area contributed by atoms with E-state index in [1.165, 1.54) is 0 Å². The molecule has 2 N–H and O–H groups in total. The minimum atomic E-state index is -0.0380. The highest BCUT2D eigenvalue weighted by molar-refractivity contribution is 5.77. The number of carbonyl (C=O) groups excluding carboxylic acids is 1. The number of hydrogen-bond acceptors (Lipinski definition) is 3. The van der Waals surface area contributed by atoms with E-state index >= 15 is 0 Å². The maximum atomic E-state index is 11.1. The van der Waals surface area contributed by atoms with Gasteiger partial charge in [0, 0.05) is 6.54 Å². The van der Waals surface area contributed by atoms with Crippen LogP contribution in [-0.2, 0) is 4.79 Å². The maximum absolute atomic E-state index is 11.1. The predicted molar refractivity (Wildman–Crippen MR) is 55.6 cm³/mol. The number of nitriles is 1. The first-order valence-corrected chi connectivity index (χ1v) is 5.01. The zero-order valence-electron chi connectivity index (χ0n) is 8.97. The van der Waals surface area contributed by atoms with Crippen molar-refractivity contribution in [3.8, 4) is 6.07 Å². The quantitative estimate of drug-likeness (QED) is 0.589. The fraction of sp³-hybridized carbons (Fsp3) is 0.800. The second-order valence-corrected chi connectivity index (χ2v) is 3.62. The van der Waals surface area contributed by atoms with Crippen LogP contribution in [0, 0.1) is 17.2 Å². The van der Waals surface area contributed by atoms with Crippen molar-refractivity contribution in [3.05, 3.63) is 0 Å². The van der Waals surface area contributed by atoms with Crippen molar-refractivity contribution >= 4 is 5.91 Å². The lowest BCUT2D eigenvalue weighted by Gasteiger charge is -2.06. The molecule has 4 heteroatoms. The van der Waals surface area contributed by atoms with Gasteiger partial charge < -0.3 is 10.6 Å². The van der Waals surface area contributed by atoms with Gasteiger partial charge in [-0.25, -0.2) is 0 Å². The summed E-state index contributed by atoms with van der Waals surface area (Å²) in [6, 6.07) is 1.97. The average molecular weight is 197 g/mol. The van der Waals surface area contributed by atoms with Crippen LogP contribution < -0.4 is 10.6 Å². The molecule has 0 bridgehead atoms. The first-order chi connectivity index (χ1) is 6.66. The van der Waals surface area contributed by atoms with Crippen molar-refractivity contribution in [2.75, 3.05) is 19.6 Å². The Labute approximate surface area is 85.7 Å². The highest BCUT2D eigenvalue weighted by Crippen LogP contribution is 1.95. The summed E-state index contributed by atoms with van der Waals surface area (Å²) in [6.45, 7) is 5.95. The number of nitrogens with zero attached hydrogens (tertiary/aromatic N) is 1. The lowest BCUT2D eigenvalue weighted by atomic mass is 10.1. The van der Waals surface area contributed by atoms with Crippen LogP contribution in [0.25, 0.3) is 0 Å². The smallest absolute Gasteiger partial charge is 0.233 e. The summed E-state index contributed by atoms with van der Waals surface area (Å²) in [5.74, 6) is 0.619. The molecular formula is C10H19N3O. The summed E-state index contributed by atoms with van der Waals surface area (Å²) < 4.78 is 0. The third-order valence-corrected chi connectivity index (χ3v) is 1.74. The molecule has 1 amide bonds. The Hall–Kier alpha value is -1.08. The zero-order chi connectivity index (χ0) is 10.8. The largest absolute Gasteiger partial charge is 0.354 e. The van der Waals surface area contributed by atoms with Gasteiger partial charge >= 0.3 is 0 Å². The van der Waals surface area contributed by atoms with Gasteiger partial charge in [-0.3, -0.25) is 4.79 Å².